The van der Waals surface area contributed by atoms with E-state index < -0.39 is 0 Å². The molecule has 0 spiro atoms. The molecule has 0 atom stereocenters. The topological polar surface area (TPSA) is 80.0 Å². The minimum Gasteiger partial charge on any atom is -0.351 e. The second kappa shape index (κ2) is 8.63. The van der Waals surface area contributed by atoms with E-state index in [0.29, 0.717) is 23.7 Å². The molecular formula is C18H27ClN4O2. The number of nitrogens with zero attached hydrogens (tertiary/aromatic N) is 2. The smallest absolute Gasteiger partial charge is 0.259 e. The predicted octanol–water partition coefficient (Wildman–Crippen LogP) is 3.37. The van der Waals surface area contributed by atoms with Gasteiger partial charge in [0.1, 0.15) is 0 Å². The number of hydrogen-bond donors (Lipinski definition) is 2. The first-order valence-electron chi connectivity index (χ1n) is 8.91. The van der Waals surface area contributed by atoms with Gasteiger partial charge in [0.05, 0.1) is 16.6 Å². The average molecular weight is 367 g/mol. The molecule has 25 heavy (non-hydrogen) atoms. The highest BCUT2D eigenvalue weighted by Gasteiger charge is 2.29. The minimum absolute atomic E-state index is 0. The van der Waals surface area contributed by atoms with Gasteiger partial charge in [0.25, 0.3) is 11.6 Å². The fourth-order valence-corrected chi connectivity index (χ4v) is 2.82. The molecule has 0 bridgehead atoms. The summed E-state index contributed by atoms with van der Waals surface area (Å²) in [4.78, 5) is 17.3. The number of hydrogen-bond acceptors (Lipinski definition) is 5. The second-order valence-corrected chi connectivity index (χ2v) is 6.78. The van der Waals surface area contributed by atoms with Gasteiger partial charge < -0.3 is 15.2 Å². The summed E-state index contributed by atoms with van der Waals surface area (Å²) in [5, 5.41) is 11.2. The van der Waals surface area contributed by atoms with Crippen LogP contribution in [-0.2, 0) is 0 Å². The molecule has 2 aromatic rings. The normalized spacial score (nSPS) is 13.9. The third-order valence-electron chi connectivity index (χ3n) is 4.29. The third kappa shape index (κ3) is 4.50. The molecule has 2 N–H and O–H groups in total. The molecule has 0 aromatic carbocycles. The molecule has 1 fully saturated rings. The summed E-state index contributed by atoms with van der Waals surface area (Å²) in [7, 11) is 0. The zero-order valence-electron chi connectivity index (χ0n) is 15.1. The summed E-state index contributed by atoms with van der Waals surface area (Å²) in [6, 6.07) is 1.93. The molecule has 0 unspecified atom stereocenters. The molecule has 0 saturated heterocycles. The number of carbonyl (C=O) groups is 1. The lowest BCUT2D eigenvalue weighted by molar-refractivity contribution is 0.0955. The van der Waals surface area contributed by atoms with E-state index in [0.717, 1.165) is 49.1 Å². The van der Waals surface area contributed by atoms with Crippen LogP contribution in [0.1, 0.15) is 73.6 Å². The molecule has 0 aliphatic heterocycles. The van der Waals surface area contributed by atoms with Crippen LogP contribution in [0.4, 0.5) is 0 Å². The number of rotatable bonds is 8. The van der Waals surface area contributed by atoms with E-state index in [9.17, 15) is 4.79 Å². The van der Waals surface area contributed by atoms with Crippen molar-refractivity contribution in [2.45, 2.75) is 51.9 Å². The largest absolute Gasteiger partial charge is 0.351 e. The lowest BCUT2D eigenvalue weighted by atomic mass is 10.0. The van der Waals surface area contributed by atoms with Crippen LogP contribution in [0.2, 0.25) is 0 Å². The van der Waals surface area contributed by atoms with Crippen LogP contribution in [-0.4, -0.2) is 35.7 Å². The highest BCUT2D eigenvalue weighted by atomic mass is 35.5. The van der Waals surface area contributed by atoms with Crippen molar-refractivity contribution in [1.82, 2.24) is 20.8 Å². The summed E-state index contributed by atoms with van der Waals surface area (Å²) in [6.07, 6.45) is 3.35. The van der Waals surface area contributed by atoms with Crippen molar-refractivity contribution in [3.05, 3.63) is 23.0 Å². The maximum Gasteiger partial charge on any atom is 0.259 e. The van der Waals surface area contributed by atoms with Gasteiger partial charge in [-0.15, -0.1) is 12.4 Å². The number of amides is 1. The van der Waals surface area contributed by atoms with Crippen LogP contribution >= 0.6 is 12.4 Å². The summed E-state index contributed by atoms with van der Waals surface area (Å²) < 4.78 is 5.42. The second-order valence-electron chi connectivity index (χ2n) is 6.78. The standard InChI is InChI=1S/C18H26N4O2.ClH/c1-4-7-19-8-9-20-17(23)13-10-14(12-5-6-12)21-18-15(13)16(11(2)3)22-24-18;/h10-12,19H,4-9H2,1-3H3,(H,20,23);1H. The Morgan fingerprint density at radius 2 is 2.08 bits per heavy atom. The number of carbonyl (C=O) groups excluding carboxylic acids is 1. The SMILES string of the molecule is CCCNCCNC(=O)c1cc(C2CC2)nc2onc(C(C)C)c12.Cl. The summed E-state index contributed by atoms with van der Waals surface area (Å²) in [5.74, 6) is 0.560. The summed E-state index contributed by atoms with van der Waals surface area (Å²) in [6.45, 7) is 8.54. The van der Waals surface area contributed by atoms with E-state index in [4.69, 9.17) is 4.52 Å². The first-order chi connectivity index (χ1) is 11.6. The van der Waals surface area contributed by atoms with Gasteiger partial charge in [-0.25, -0.2) is 4.98 Å². The van der Waals surface area contributed by atoms with Gasteiger partial charge in [0, 0.05) is 24.7 Å². The zero-order chi connectivity index (χ0) is 17.1. The van der Waals surface area contributed by atoms with Crippen molar-refractivity contribution < 1.29 is 9.32 Å². The molecule has 2 heterocycles. The summed E-state index contributed by atoms with van der Waals surface area (Å²) >= 11 is 0. The quantitative estimate of drug-likeness (QED) is 0.700. The van der Waals surface area contributed by atoms with Crippen molar-refractivity contribution in [3.63, 3.8) is 0 Å². The fourth-order valence-electron chi connectivity index (χ4n) is 2.82. The number of pyridine rings is 1. The van der Waals surface area contributed by atoms with Gasteiger partial charge in [-0.05, 0) is 37.8 Å². The molecule has 2 aromatic heterocycles. The Labute approximate surface area is 154 Å². The number of halogens is 1. The van der Waals surface area contributed by atoms with Crippen LogP contribution < -0.4 is 10.6 Å². The highest BCUT2D eigenvalue weighted by molar-refractivity contribution is 6.06. The van der Waals surface area contributed by atoms with Gasteiger partial charge in [-0.2, -0.15) is 0 Å². The van der Waals surface area contributed by atoms with Gasteiger partial charge in [0.2, 0.25) is 0 Å². The third-order valence-corrected chi connectivity index (χ3v) is 4.29. The molecule has 6 nitrogen and oxygen atoms in total. The Kier molecular flexibility index (Phi) is 6.79. The van der Waals surface area contributed by atoms with Crippen LogP contribution in [0.15, 0.2) is 10.6 Å². The number of fused-ring (bicyclic) bond motifs is 1. The summed E-state index contributed by atoms with van der Waals surface area (Å²) in [5.41, 5.74) is 2.87. The van der Waals surface area contributed by atoms with E-state index in [1.807, 2.05) is 19.9 Å². The molecule has 3 rings (SSSR count). The molecule has 7 heteroatoms. The maximum atomic E-state index is 12.7. The molecule has 1 amide bonds. The number of nitrogens with one attached hydrogen (secondary N) is 2. The van der Waals surface area contributed by atoms with E-state index in [1.54, 1.807) is 0 Å². The van der Waals surface area contributed by atoms with Crippen molar-refractivity contribution >= 4 is 29.4 Å². The molecule has 138 valence electrons. The van der Waals surface area contributed by atoms with E-state index in [2.05, 4.69) is 27.7 Å². The van der Waals surface area contributed by atoms with Gasteiger partial charge in [-0.1, -0.05) is 25.9 Å². The van der Waals surface area contributed by atoms with Crippen molar-refractivity contribution in [3.8, 4) is 0 Å². The Bertz CT molecular complexity index is 725. The van der Waals surface area contributed by atoms with Crippen molar-refractivity contribution in [2.24, 2.45) is 0 Å². The van der Waals surface area contributed by atoms with E-state index >= 15 is 0 Å². The first kappa shape index (κ1) is 19.7. The molecule has 1 saturated carbocycles. The van der Waals surface area contributed by atoms with Crippen molar-refractivity contribution in [2.75, 3.05) is 19.6 Å². The van der Waals surface area contributed by atoms with E-state index in [1.165, 1.54) is 0 Å². The molecular weight excluding hydrogens is 340 g/mol. The van der Waals surface area contributed by atoms with Gasteiger partial charge in [-0.3, -0.25) is 4.79 Å². The van der Waals surface area contributed by atoms with Crippen LogP contribution in [0.25, 0.3) is 11.1 Å². The fraction of sp³-hybridized carbons (Fsp3) is 0.611. The molecule has 0 radical (unpaired) electrons. The van der Waals surface area contributed by atoms with Crippen LogP contribution in [0, 0.1) is 0 Å². The van der Waals surface area contributed by atoms with E-state index in [-0.39, 0.29) is 24.2 Å². The Balaban J connectivity index is 0.00000225. The highest BCUT2D eigenvalue weighted by Crippen LogP contribution is 2.41. The molecule has 1 aliphatic carbocycles. The van der Waals surface area contributed by atoms with Gasteiger partial charge >= 0.3 is 0 Å². The van der Waals surface area contributed by atoms with Crippen LogP contribution in [0.5, 0.6) is 0 Å². The molecule has 1 aliphatic rings. The van der Waals surface area contributed by atoms with Crippen LogP contribution in [0.3, 0.4) is 0 Å². The monoisotopic (exact) mass is 366 g/mol. The average Bonchev–Trinajstić information content (AvgIpc) is 3.32. The Morgan fingerprint density at radius 3 is 2.72 bits per heavy atom. The lowest BCUT2D eigenvalue weighted by Gasteiger charge is -2.09. The first-order valence-corrected chi connectivity index (χ1v) is 8.91. The Morgan fingerprint density at radius 1 is 1.32 bits per heavy atom. The predicted molar refractivity (Wildman–Crippen MR) is 101 cm³/mol. The maximum absolute atomic E-state index is 12.7. The zero-order valence-corrected chi connectivity index (χ0v) is 15.9. The minimum atomic E-state index is -0.0762. The lowest BCUT2D eigenvalue weighted by Crippen LogP contribution is -2.32. The number of aromatic nitrogens is 2. The Hall–Kier alpha value is -1.66. The van der Waals surface area contributed by atoms with Crippen molar-refractivity contribution in [1.29, 1.82) is 0 Å². The van der Waals surface area contributed by atoms with Gasteiger partial charge in [0.15, 0.2) is 0 Å².